The zero-order valence-corrected chi connectivity index (χ0v) is 11.8. The Hall–Kier alpha value is -2.41. The lowest BCUT2D eigenvalue weighted by molar-refractivity contribution is -0.0499. The van der Waals surface area contributed by atoms with Crippen LogP contribution in [0.5, 0.6) is 5.75 Å². The highest BCUT2D eigenvalue weighted by atomic mass is 19.3. The summed E-state index contributed by atoms with van der Waals surface area (Å²) in [6, 6.07) is 7.21. The Bertz CT molecular complexity index is 642. The number of aliphatic hydroxyl groups excluding tert-OH is 1. The van der Waals surface area contributed by atoms with Crippen molar-refractivity contribution in [2.75, 3.05) is 6.54 Å². The van der Waals surface area contributed by atoms with Crippen molar-refractivity contribution in [1.29, 1.82) is 0 Å². The number of ether oxygens (including phenoxy) is 1. The lowest BCUT2D eigenvalue weighted by Gasteiger charge is -2.13. The van der Waals surface area contributed by atoms with E-state index in [1.54, 1.807) is 13.0 Å². The van der Waals surface area contributed by atoms with Crippen molar-refractivity contribution >= 4 is 5.91 Å². The topological polar surface area (TPSA) is 71.7 Å². The molecule has 2 N–H and O–H groups in total. The first-order chi connectivity index (χ1) is 10.5. The molecule has 0 radical (unpaired) electrons. The fourth-order valence-electron chi connectivity index (χ4n) is 1.92. The molecule has 0 saturated carbocycles. The summed E-state index contributed by atoms with van der Waals surface area (Å²) in [5.41, 5.74) is 0.740. The first-order valence-electron chi connectivity index (χ1n) is 6.52. The molecule has 0 fully saturated rings. The fourth-order valence-corrected chi connectivity index (χ4v) is 1.92. The molecular formula is C15H15F2NO4. The third-order valence-electron chi connectivity index (χ3n) is 3.03. The van der Waals surface area contributed by atoms with Gasteiger partial charge in [0.1, 0.15) is 11.5 Å². The number of carbonyl (C=O) groups is 1. The zero-order valence-electron chi connectivity index (χ0n) is 11.8. The van der Waals surface area contributed by atoms with Gasteiger partial charge in [-0.3, -0.25) is 4.79 Å². The Balaban J connectivity index is 1.96. The molecular weight excluding hydrogens is 296 g/mol. The number of aliphatic hydroxyl groups is 1. The van der Waals surface area contributed by atoms with Crippen LogP contribution < -0.4 is 10.1 Å². The zero-order chi connectivity index (χ0) is 16.1. The molecule has 0 spiro atoms. The van der Waals surface area contributed by atoms with Crippen molar-refractivity contribution < 1.29 is 27.8 Å². The molecule has 1 aromatic carbocycles. The van der Waals surface area contributed by atoms with Crippen molar-refractivity contribution in [2.24, 2.45) is 0 Å². The van der Waals surface area contributed by atoms with E-state index in [4.69, 9.17) is 4.42 Å². The van der Waals surface area contributed by atoms with Crippen LogP contribution in [0.1, 0.15) is 27.8 Å². The number of benzene rings is 1. The van der Waals surface area contributed by atoms with Gasteiger partial charge in [-0.15, -0.1) is 0 Å². The standard InChI is InChI=1S/C15H15F2NO4/c1-9-12(5-6-21-9)14(20)18-8-13(19)10-3-2-4-11(7-10)22-15(16)17/h2-7,13,15,19H,8H2,1H3,(H,18,20). The van der Waals surface area contributed by atoms with Crippen LogP contribution in [0.25, 0.3) is 0 Å². The number of furan rings is 1. The number of alkyl halides is 2. The van der Waals surface area contributed by atoms with Gasteiger partial charge >= 0.3 is 6.61 Å². The van der Waals surface area contributed by atoms with E-state index < -0.39 is 12.7 Å². The molecule has 1 unspecified atom stereocenters. The Kier molecular flexibility index (Phi) is 5.11. The number of rotatable bonds is 6. The Morgan fingerprint density at radius 3 is 2.82 bits per heavy atom. The second-order valence-corrected chi connectivity index (χ2v) is 4.57. The van der Waals surface area contributed by atoms with Crippen molar-refractivity contribution in [1.82, 2.24) is 5.32 Å². The van der Waals surface area contributed by atoms with Gasteiger partial charge in [-0.05, 0) is 30.7 Å². The van der Waals surface area contributed by atoms with E-state index in [9.17, 15) is 18.7 Å². The highest BCUT2D eigenvalue weighted by molar-refractivity contribution is 5.95. The summed E-state index contributed by atoms with van der Waals surface area (Å²) >= 11 is 0. The molecule has 1 atom stereocenters. The molecule has 1 amide bonds. The molecule has 5 nitrogen and oxygen atoms in total. The van der Waals surface area contributed by atoms with Gasteiger partial charge in [0, 0.05) is 6.54 Å². The van der Waals surface area contributed by atoms with Crippen molar-refractivity contribution in [2.45, 2.75) is 19.6 Å². The fraction of sp³-hybridized carbons (Fsp3) is 0.267. The number of amides is 1. The maximum Gasteiger partial charge on any atom is 0.387 e. The average molecular weight is 311 g/mol. The van der Waals surface area contributed by atoms with Gasteiger partial charge in [0.2, 0.25) is 0 Å². The van der Waals surface area contributed by atoms with E-state index in [0.29, 0.717) is 16.9 Å². The van der Waals surface area contributed by atoms with Crippen molar-refractivity contribution in [3.63, 3.8) is 0 Å². The molecule has 0 aliphatic carbocycles. The van der Waals surface area contributed by atoms with Crippen LogP contribution >= 0.6 is 0 Å². The van der Waals surface area contributed by atoms with Crippen LogP contribution in [0.15, 0.2) is 41.0 Å². The van der Waals surface area contributed by atoms with Crippen molar-refractivity contribution in [3.05, 3.63) is 53.5 Å². The number of hydrogen-bond donors (Lipinski definition) is 2. The lowest BCUT2D eigenvalue weighted by atomic mass is 10.1. The number of halogens is 2. The molecule has 1 heterocycles. The van der Waals surface area contributed by atoms with Gasteiger partial charge < -0.3 is 19.6 Å². The molecule has 118 valence electrons. The lowest BCUT2D eigenvalue weighted by Crippen LogP contribution is -2.28. The van der Waals surface area contributed by atoms with Gasteiger partial charge in [0.05, 0.1) is 17.9 Å². The second-order valence-electron chi connectivity index (χ2n) is 4.57. The second kappa shape index (κ2) is 7.04. The molecule has 0 aliphatic heterocycles. The van der Waals surface area contributed by atoms with Crippen LogP contribution in [0, 0.1) is 6.92 Å². The molecule has 2 rings (SSSR count). The van der Waals surface area contributed by atoms with Crippen LogP contribution in [-0.2, 0) is 0 Å². The summed E-state index contributed by atoms with van der Waals surface area (Å²) < 4.78 is 33.6. The van der Waals surface area contributed by atoms with Gasteiger partial charge in [-0.2, -0.15) is 8.78 Å². The Morgan fingerprint density at radius 1 is 1.41 bits per heavy atom. The molecule has 22 heavy (non-hydrogen) atoms. The molecule has 7 heteroatoms. The summed E-state index contributed by atoms with van der Waals surface area (Å²) in [7, 11) is 0. The third kappa shape index (κ3) is 4.05. The van der Waals surface area contributed by atoms with E-state index >= 15 is 0 Å². The van der Waals surface area contributed by atoms with E-state index in [1.807, 2.05) is 0 Å². The predicted molar refractivity (Wildman–Crippen MR) is 73.8 cm³/mol. The SMILES string of the molecule is Cc1occc1C(=O)NCC(O)c1cccc(OC(F)F)c1. The van der Waals surface area contributed by atoms with Gasteiger partial charge in [0.25, 0.3) is 5.91 Å². The molecule has 2 aromatic rings. The van der Waals surface area contributed by atoms with Crippen LogP contribution in [0.4, 0.5) is 8.78 Å². The number of aryl methyl sites for hydroxylation is 1. The first kappa shape index (κ1) is 16.0. The largest absolute Gasteiger partial charge is 0.469 e. The predicted octanol–water partition coefficient (Wildman–Crippen LogP) is 2.65. The third-order valence-corrected chi connectivity index (χ3v) is 3.03. The summed E-state index contributed by atoms with van der Waals surface area (Å²) in [4.78, 5) is 11.9. The summed E-state index contributed by atoms with van der Waals surface area (Å²) in [5, 5.41) is 12.6. The van der Waals surface area contributed by atoms with Crippen molar-refractivity contribution in [3.8, 4) is 5.75 Å². The van der Waals surface area contributed by atoms with Gasteiger partial charge in [-0.25, -0.2) is 0 Å². The average Bonchev–Trinajstić information content (AvgIpc) is 2.90. The minimum absolute atomic E-state index is 0.0523. The molecule has 0 bridgehead atoms. The van der Waals surface area contributed by atoms with Crippen LogP contribution in [0.3, 0.4) is 0 Å². The maximum atomic E-state index is 12.2. The summed E-state index contributed by atoms with van der Waals surface area (Å²) in [6.07, 6.45) is 0.351. The van der Waals surface area contributed by atoms with E-state index in [0.717, 1.165) is 0 Å². The Labute approximate surface area is 125 Å². The van der Waals surface area contributed by atoms with Gasteiger partial charge in [0.15, 0.2) is 0 Å². The van der Waals surface area contributed by atoms with Crippen LogP contribution in [-0.4, -0.2) is 24.2 Å². The van der Waals surface area contributed by atoms with E-state index in [1.165, 1.54) is 30.5 Å². The number of carbonyl (C=O) groups excluding carboxylic acids is 1. The summed E-state index contributed by atoms with van der Waals surface area (Å²) in [5.74, 6) is 0.0353. The van der Waals surface area contributed by atoms with Crippen LogP contribution in [0.2, 0.25) is 0 Å². The minimum Gasteiger partial charge on any atom is -0.469 e. The smallest absolute Gasteiger partial charge is 0.387 e. The first-order valence-corrected chi connectivity index (χ1v) is 6.52. The quantitative estimate of drug-likeness (QED) is 0.860. The Morgan fingerprint density at radius 2 is 2.18 bits per heavy atom. The number of nitrogens with one attached hydrogen (secondary N) is 1. The maximum absolute atomic E-state index is 12.2. The minimum atomic E-state index is -2.93. The van der Waals surface area contributed by atoms with E-state index in [-0.39, 0.29) is 18.2 Å². The summed E-state index contributed by atoms with van der Waals surface area (Å²) in [6.45, 7) is -1.35. The molecule has 1 aromatic heterocycles. The highest BCUT2D eigenvalue weighted by Crippen LogP contribution is 2.20. The highest BCUT2D eigenvalue weighted by Gasteiger charge is 2.15. The van der Waals surface area contributed by atoms with E-state index in [2.05, 4.69) is 10.1 Å². The molecule has 0 saturated heterocycles. The molecule has 0 aliphatic rings. The van der Waals surface area contributed by atoms with Gasteiger partial charge in [-0.1, -0.05) is 12.1 Å². The monoisotopic (exact) mass is 311 g/mol. The number of hydrogen-bond acceptors (Lipinski definition) is 4. The normalized spacial score (nSPS) is 12.2.